The van der Waals surface area contributed by atoms with Crippen molar-refractivity contribution in [3.05, 3.63) is 54.4 Å². The molecule has 5 heteroatoms. The van der Waals surface area contributed by atoms with Gasteiger partial charge in [-0.2, -0.15) is 0 Å². The van der Waals surface area contributed by atoms with Gasteiger partial charge in [-0.05, 0) is 36.4 Å². The Kier molecular flexibility index (Phi) is 4.48. The Balaban J connectivity index is 0.00000144. The quantitative estimate of drug-likeness (QED) is 0.911. The van der Waals surface area contributed by atoms with Gasteiger partial charge in [0.1, 0.15) is 11.5 Å². The Morgan fingerprint density at radius 3 is 2.06 bits per heavy atom. The Bertz CT molecular complexity index is 485. The minimum absolute atomic E-state index is 0. The Morgan fingerprint density at radius 1 is 1.00 bits per heavy atom. The smallest absolute Gasteiger partial charge is 0.335 e. The third-order valence-corrected chi connectivity index (χ3v) is 1.99. The molecule has 4 nitrogen and oxygen atoms in total. The van der Waals surface area contributed by atoms with Crippen LogP contribution in [0.25, 0.3) is 0 Å². The molecule has 0 bridgehead atoms. The van der Waals surface area contributed by atoms with E-state index in [1.165, 1.54) is 12.1 Å². The molecule has 1 N–H and O–H groups in total. The van der Waals surface area contributed by atoms with Crippen LogP contribution in [0.1, 0.15) is 10.4 Å². The van der Waals surface area contributed by atoms with E-state index in [4.69, 9.17) is 9.84 Å². The van der Waals surface area contributed by atoms with Crippen molar-refractivity contribution >= 4 is 18.4 Å². The maximum atomic E-state index is 10.6. The number of nitrogens with zero attached hydrogens (tertiary/aromatic N) is 1. The van der Waals surface area contributed by atoms with Gasteiger partial charge in [0.2, 0.25) is 0 Å². The summed E-state index contributed by atoms with van der Waals surface area (Å²) in [5.74, 6) is 0.310. The van der Waals surface area contributed by atoms with Crippen molar-refractivity contribution < 1.29 is 14.6 Å². The largest absolute Gasteiger partial charge is 0.478 e. The van der Waals surface area contributed by atoms with Gasteiger partial charge >= 0.3 is 5.97 Å². The Labute approximate surface area is 104 Å². The highest BCUT2D eigenvalue weighted by molar-refractivity contribution is 5.87. The normalized spacial score (nSPS) is 9.18. The van der Waals surface area contributed by atoms with Crippen molar-refractivity contribution in [1.82, 2.24) is 4.98 Å². The SMILES string of the molecule is Cl.O=C(O)c1ccc(Oc2ccncc2)cc1. The molecule has 0 aliphatic rings. The van der Waals surface area contributed by atoms with E-state index >= 15 is 0 Å². The molecule has 0 aliphatic heterocycles. The molecule has 2 rings (SSSR count). The molecule has 0 unspecified atom stereocenters. The molecule has 2 aromatic rings. The second kappa shape index (κ2) is 5.86. The number of pyridine rings is 1. The van der Waals surface area contributed by atoms with Crippen molar-refractivity contribution in [3.63, 3.8) is 0 Å². The first-order valence-corrected chi connectivity index (χ1v) is 4.67. The van der Waals surface area contributed by atoms with Crippen LogP contribution in [-0.2, 0) is 0 Å². The maximum absolute atomic E-state index is 10.6. The molecule has 0 radical (unpaired) electrons. The van der Waals surface area contributed by atoms with Crippen LogP contribution in [0, 0.1) is 0 Å². The Hall–Kier alpha value is -2.07. The second-order valence-corrected chi connectivity index (χ2v) is 3.11. The number of halogens is 1. The fraction of sp³-hybridized carbons (Fsp3) is 0. The van der Waals surface area contributed by atoms with Gasteiger partial charge in [-0.25, -0.2) is 4.79 Å². The molecule has 0 fully saturated rings. The van der Waals surface area contributed by atoms with E-state index < -0.39 is 5.97 Å². The summed E-state index contributed by atoms with van der Waals surface area (Å²) in [6.07, 6.45) is 3.25. The van der Waals surface area contributed by atoms with E-state index in [1.807, 2.05) is 0 Å². The highest BCUT2D eigenvalue weighted by atomic mass is 35.5. The van der Waals surface area contributed by atoms with Gasteiger partial charge in [-0.1, -0.05) is 0 Å². The zero-order chi connectivity index (χ0) is 11.4. The summed E-state index contributed by atoms with van der Waals surface area (Å²) in [4.78, 5) is 14.5. The number of carboxylic acids is 1. The number of hydrogen-bond donors (Lipinski definition) is 1. The highest BCUT2D eigenvalue weighted by Gasteiger charge is 2.02. The first-order valence-electron chi connectivity index (χ1n) is 4.67. The number of carboxylic acid groups (broad SMARTS) is 1. The minimum atomic E-state index is -0.949. The molecular weight excluding hydrogens is 242 g/mol. The molecule has 0 aliphatic carbocycles. The first kappa shape index (κ1) is 13.0. The van der Waals surface area contributed by atoms with Crippen LogP contribution in [0.2, 0.25) is 0 Å². The minimum Gasteiger partial charge on any atom is -0.478 e. The van der Waals surface area contributed by atoms with E-state index in [0.717, 1.165) is 0 Å². The monoisotopic (exact) mass is 251 g/mol. The summed E-state index contributed by atoms with van der Waals surface area (Å²) >= 11 is 0. The predicted molar refractivity (Wildman–Crippen MR) is 65.0 cm³/mol. The van der Waals surface area contributed by atoms with Crippen LogP contribution < -0.4 is 4.74 Å². The highest BCUT2D eigenvalue weighted by Crippen LogP contribution is 2.20. The first-order chi connectivity index (χ1) is 7.75. The standard InChI is InChI=1S/C12H9NO3.ClH/c14-12(15)9-1-3-10(4-2-9)16-11-5-7-13-8-6-11;/h1-8H,(H,14,15);1H. The molecule has 1 aromatic heterocycles. The van der Waals surface area contributed by atoms with Crippen LogP contribution in [0.3, 0.4) is 0 Å². The van der Waals surface area contributed by atoms with Crippen molar-refractivity contribution in [2.75, 3.05) is 0 Å². The fourth-order valence-electron chi connectivity index (χ4n) is 1.21. The third-order valence-electron chi connectivity index (χ3n) is 1.99. The zero-order valence-electron chi connectivity index (χ0n) is 8.74. The molecule has 0 atom stereocenters. The van der Waals surface area contributed by atoms with E-state index in [0.29, 0.717) is 11.5 Å². The molecule has 1 heterocycles. The van der Waals surface area contributed by atoms with E-state index in [-0.39, 0.29) is 18.0 Å². The molecule has 0 saturated heterocycles. The molecule has 0 amide bonds. The van der Waals surface area contributed by atoms with Crippen molar-refractivity contribution in [2.45, 2.75) is 0 Å². The number of aromatic carboxylic acids is 1. The fourth-order valence-corrected chi connectivity index (χ4v) is 1.21. The lowest BCUT2D eigenvalue weighted by atomic mass is 10.2. The number of hydrogen-bond acceptors (Lipinski definition) is 3. The zero-order valence-corrected chi connectivity index (χ0v) is 9.55. The maximum Gasteiger partial charge on any atom is 0.335 e. The molecule has 1 aromatic carbocycles. The van der Waals surface area contributed by atoms with Gasteiger partial charge in [-0.15, -0.1) is 12.4 Å². The van der Waals surface area contributed by atoms with Crippen LogP contribution in [0.15, 0.2) is 48.8 Å². The van der Waals surface area contributed by atoms with Gasteiger partial charge in [0, 0.05) is 12.4 Å². The molecule has 88 valence electrons. The van der Waals surface area contributed by atoms with Crippen LogP contribution in [0.4, 0.5) is 0 Å². The number of aromatic nitrogens is 1. The average molecular weight is 252 g/mol. The topological polar surface area (TPSA) is 59.4 Å². The molecule has 0 saturated carbocycles. The summed E-state index contributed by atoms with van der Waals surface area (Å²) in [6.45, 7) is 0. The van der Waals surface area contributed by atoms with Crippen molar-refractivity contribution in [2.24, 2.45) is 0 Å². The van der Waals surface area contributed by atoms with Gasteiger partial charge in [-0.3, -0.25) is 4.98 Å². The Morgan fingerprint density at radius 2 is 1.53 bits per heavy atom. The summed E-state index contributed by atoms with van der Waals surface area (Å²) in [5, 5.41) is 8.72. The molecule has 17 heavy (non-hydrogen) atoms. The van der Waals surface area contributed by atoms with E-state index in [1.54, 1.807) is 36.7 Å². The lowest BCUT2D eigenvalue weighted by molar-refractivity contribution is 0.0697. The lowest BCUT2D eigenvalue weighted by Crippen LogP contribution is -1.95. The lowest BCUT2D eigenvalue weighted by Gasteiger charge is -2.04. The number of benzene rings is 1. The average Bonchev–Trinajstić information content (AvgIpc) is 2.31. The van der Waals surface area contributed by atoms with Crippen molar-refractivity contribution in [1.29, 1.82) is 0 Å². The molecule has 0 spiro atoms. The summed E-state index contributed by atoms with van der Waals surface area (Å²) in [5.41, 5.74) is 0.238. The molecular formula is C12H10ClNO3. The summed E-state index contributed by atoms with van der Waals surface area (Å²) in [7, 11) is 0. The van der Waals surface area contributed by atoms with Gasteiger partial charge in [0.15, 0.2) is 0 Å². The third kappa shape index (κ3) is 3.46. The van der Waals surface area contributed by atoms with Crippen LogP contribution in [-0.4, -0.2) is 16.1 Å². The van der Waals surface area contributed by atoms with Crippen LogP contribution >= 0.6 is 12.4 Å². The second-order valence-electron chi connectivity index (χ2n) is 3.11. The van der Waals surface area contributed by atoms with Gasteiger partial charge in [0.25, 0.3) is 0 Å². The number of ether oxygens (including phenoxy) is 1. The van der Waals surface area contributed by atoms with E-state index in [9.17, 15) is 4.79 Å². The van der Waals surface area contributed by atoms with Gasteiger partial charge < -0.3 is 9.84 Å². The summed E-state index contributed by atoms with van der Waals surface area (Å²) in [6, 6.07) is 9.68. The van der Waals surface area contributed by atoms with Gasteiger partial charge in [0.05, 0.1) is 5.56 Å². The predicted octanol–water partition coefficient (Wildman–Crippen LogP) is 2.99. The van der Waals surface area contributed by atoms with Crippen molar-refractivity contribution in [3.8, 4) is 11.5 Å². The summed E-state index contributed by atoms with van der Waals surface area (Å²) < 4.78 is 5.48. The van der Waals surface area contributed by atoms with E-state index in [2.05, 4.69) is 4.98 Å². The number of rotatable bonds is 3. The van der Waals surface area contributed by atoms with Crippen LogP contribution in [0.5, 0.6) is 11.5 Å². The number of carbonyl (C=O) groups is 1.